The summed E-state index contributed by atoms with van der Waals surface area (Å²) >= 11 is 0. The topological polar surface area (TPSA) is 75.4 Å². The highest BCUT2D eigenvalue weighted by molar-refractivity contribution is 6.04. The van der Waals surface area contributed by atoms with Gasteiger partial charge in [0.05, 0.1) is 0 Å². The summed E-state index contributed by atoms with van der Waals surface area (Å²) in [6.07, 6.45) is 0. The van der Waals surface area contributed by atoms with Gasteiger partial charge in [0.25, 0.3) is 5.91 Å². The van der Waals surface area contributed by atoms with Crippen molar-refractivity contribution in [3.63, 3.8) is 0 Å². The summed E-state index contributed by atoms with van der Waals surface area (Å²) in [4.78, 5) is 12.0. The lowest BCUT2D eigenvalue weighted by Crippen LogP contribution is -2.12. The molecule has 2 aromatic carbocycles. The molecule has 4 N–H and O–H groups in total. The molecular weight excluding hydrogens is 240 g/mol. The minimum atomic E-state index is -0.260. The van der Waals surface area contributed by atoms with Crippen molar-refractivity contribution in [3.05, 3.63) is 59.2 Å². The molecule has 0 unspecified atom stereocenters. The molecule has 2 rings (SSSR count). The van der Waals surface area contributed by atoms with Gasteiger partial charge in [-0.15, -0.1) is 0 Å². The molecule has 0 aliphatic rings. The number of aromatic hydroxyl groups is 1. The second-order valence-corrected chi connectivity index (χ2v) is 4.36. The quantitative estimate of drug-likeness (QED) is 0.789. The summed E-state index contributed by atoms with van der Waals surface area (Å²) in [6.45, 7) is 2.21. The van der Waals surface area contributed by atoms with Crippen LogP contribution >= 0.6 is 0 Å². The molecule has 19 heavy (non-hydrogen) atoms. The number of nitrogens with one attached hydrogen (secondary N) is 1. The molecule has 0 saturated carbocycles. The Morgan fingerprint density at radius 3 is 2.74 bits per heavy atom. The Morgan fingerprint density at radius 1 is 1.26 bits per heavy atom. The van der Waals surface area contributed by atoms with Crippen LogP contribution in [-0.2, 0) is 6.54 Å². The number of hydrogen-bond donors (Lipinski definition) is 3. The van der Waals surface area contributed by atoms with Crippen LogP contribution in [0.25, 0.3) is 0 Å². The second-order valence-electron chi connectivity index (χ2n) is 4.36. The predicted octanol–water partition coefficient (Wildman–Crippen LogP) is 2.41. The van der Waals surface area contributed by atoms with Crippen molar-refractivity contribution in [2.45, 2.75) is 13.5 Å². The van der Waals surface area contributed by atoms with E-state index >= 15 is 0 Å². The van der Waals surface area contributed by atoms with Gasteiger partial charge in [-0.25, -0.2) is 0 Å². The molecule has 0 aromatic heterocycles. The van der Waals surface area contributed by atoms with Gasteiger partial charge in [0.15, 0.2) is 0 Å². The summed E-state index contributed by atoms with van der Waals surface area (Å²) in [5.41, 5.74) is 8.34. The van der Waals surface area contributed by atoms with Gasteiger partial charge in [0.2, 0.25) is 0 Å². The van der Waals surface area contributed by atoms with E-state index < -0.39 is 0 Å². The largest absolute Gasteiger partial charge is 0.508 e. The first kappa shape index (κ1) is 13.1. The lowest BCUT2D eigenvalue weighted by Gasteiger charge is -2.07. The van der Waals surface area contributed by atoms with Gasteiger partial charge in [-0.2, -0.15) is 0 Å². The van der Waals surface area contributed by atoms with Crippen molar-refractivity contribution in [1.82, 2.24) is 0 Å². The first-order chi connectivity index (χ1) is 9.10. The molecule has 0 heterocycles. The molecule has 1 amide bonds. The fourth-order valence-electron chi connectivity index (χ4n) is 1.73. The van der Waals surface area contributed by atoms with Crippen LogP contribution in [0.1, 0.15) is 21.5 Å². The van der Waals surface area contributed by atoms with Gasteiger partial charge in [-0.05, 0) is 42.3 Å². The van der Waals surface area contributed by atoms with Gasteiger partial charge in [0, 0.05) is 17.8 Å². The number of anilines is 1. The fourth-order valence-corrected chi connectivity index (χ4v) is 1.73. The molecular formula is C15H16N2O2. The van der Waals surface area contributed by atoms with E-state index in [9.17, 15) is 9.90 Å². The summed E-state index contributed by atoms with van der Waals surface area (Å²) in [7, 11) is 0. The Labute approximate surface area is 111 Å². The van der Waals surface area contributed by atoms with Gasteiger partial charge in [-0.1, -0.05) is 18.2 Å². The SMILES string of the molecule is Cc1ccc(C(=O)Nc2cccc(CN)c2)cc1O. The maximum Gasteiger partial charge on any atom is 0.255 e. The fraction of sp³-hybridized carbons (Fsp3) is 0.133. The van der Waals surface area contributed by atoms with E-state index in [1.54, 1.807) is 25.1 Å². The van der Waals surface area contributed by atoms with Crippen molar-refractivity contribution in [1.29, 1.82) is 0 Å². The third kappa shape index (κ3) is 3.11. The Balaban J connectivity index is 2.18. The van der Waals surface area contributed by atoms with Crippen molar-refractivity contribution < 1.29 is 9.90 Å². The first-order valence-corrected chi connectivity index (χ1v) is 6.00. The second kappa shape index (κ2) is 5.54. The summed E-state index contributed by atoms with van der Waals surface area (Å²) in [5.74, 6) is -0.146. The van der Waals surface area contributed by atoms with E-state index in [2.05, 4.69) is 5.32 Å². The lowest BCUT2D eigenvalue weighted by atomic mass is 10.1. The molecule has 0 spiro atoms. The Bertz CT molecular complexity index is 609. The highest BCUT2D eigenvalue weighted by atomic mass is 16.3. The van der Waals surface area contributed by atoms with Crippen LogP contribution in [0.5, 0.6) is 5.75 Å². The van der Waals surface area contributed by atoms with E-state index in [0.717, 1.165) is 11.1 Å². The Morgan fingerprint density at radius 2 is 2.05 bits per heavy atom. The standard InChI is InChI=1S/C15H16N2O2/c1-10-5-6-12(8-14(10)18)15(19)17-13-4-2-3-11(7-13)9-16/h2-8,18H,9,16H2,1H3,(H,17,19). The molecule has 0 radical (unpaired) electrons. The Hall–Kier alpha value is -2.33. The number of hydrogen-bond acceptors (Lipinski definition) is 3. The van der Waals surface area contributed by atoms with Crippen LogP contribution in [0.15, 0.2) is 42.5 Å². The zero-order chi connectivity index (χ0) is 13.8. The molecule has 4 heteroatoms. The average molecular weight is 256 g/mol. The van der Waals surface area contributed by atoms with Crippen LogP contribution in [0.4, 0.5) is 5.69 Å². The van der Waals surface area contributed by atoms with Crippen LogP contribution in [0.2, 0.25) is 0 Å². The average Bonchev–Trinajstić information content (AvgIpc) is 2.42. The number of amides is 1. The van der Waals surface area contributed by atoms with Gasteiger partial charge < -0.3 is 16.2 Å². The van der Waals surface area contributed by atoms with E-state index in [1.165, 1.54) is 6.07 Å². The van der Waals surface area contributed by atoms with Crippen molar-refractivity contribution >= 4 is 11.6 Å². The van der Waals surface area contributed by atoms with Gasteiger partial charge >= 0.3 is 0 Å². The summed E-state index contributed by atoms with van der Waals surface area (Å²) in [6, 6.07) is 12.2. The van der Waals surface area contributed by atoms with Crippen LogP contribution in [0, 0.1) is 6.92 Å². The van der Waals surface area contributed by atoms with E-state index in [4.69, 9.17) is 5.73 Å². The number of rotatable bonds is 3. The molecule has 0 aliphatic heterocycles. The molecule has 98 valence electrons. The van der Waals surface area contributed by atoms with Crippen molar-refractivity contribution in [2.24, 2.45) is 5.73 Å². The third-order valence-corrected chi connectivity index (χ3v) is 2.89. The predicted molar refractivity (Wildman–Crippen MR) is 75.1 cm³/mol. The Kier molecular flexibility index (Phi) is 3.82. The van der Waals surface area contributed by atoms with E-state index in [1.807, 2.05) is 18.2 Å². The highest BCUT2D eigenvalue weighted by Gasteiger charge is 2.08. The van der Waals surface area contributed by atoms with E-state index in [-0.39, 0.29) is 11.7 Å². The lowest BCUT2D eigenvalue weighted by molar-refractivity contribution is 0.102. The number of carbonyl (C=O) groups excluding carboxylic acids is 1. The maximum absolute atomic E-state index is 12.0. The summed E-state index contributed by atoms with van der Waals surface area (Å²) < 4.78 is 0. The molecule has 2 aromatic rings. The molecule has 4 nitrogen and oxygen atoms in total. The third-order valence-electron chi connectivity index (χ3n) is 2.89. The normalized spacial score (nSPS) is 10.2. The number of nitrogens with two attached hydrogens (primary N) is 1. The van der Waals surface area contributed by atoms with Crippen LogP contribution < -0.4 is 11.1 Å². The minimum absolute atomic E-state index is 0.114. The van der Waals surface area contributed by atoms with Gasteiger partial charge in [0.1, 0.15) is 5.75 Å². The number of phenols is 1. The molecule has 0 atom stereocenters. The van der Waals surface area contributed by atoms with E-state index in [0.29, 0.717) is 17.8 Å². The number of aryl methyl sites for hydroxylation is 1. The zero-order valence-corrected chi connectivity index (χ0v) is 10.7. The first-order valence-electron chi connectivity index (χ1n) is 6.00. The van der Waals surface area contributed by atoms with Crippen LogP contribution in [-0.4, -0.2) is 11.0 Å². The molecule has 0 fully saturated rings. The maximum atomic E-state index is 12.0. The smallest absolute Gasteiger partial charge is 0.255 e. The monoisotopic (exact) mass is 256 g/mol. The summed E-state index contributed by atoms with van der Waals surface area (Å²) in [5, 5.41) is 12.4. The van der Waals surface area contributed by atoms with Crippen LogP contribution in [0.3, 0.4) is 0 Å². The molecule has 0 bridgehead atoms. The van der Waals surface area contributed by atoms with Gasteiger partial charge in [-0.3, -0.25) is 4.79 Å². The minimum Gasteiger partial charge on any atom is -0.508 e. The van der Waals surface area contributed by atoms with Crippen molar-refractivity contribution in [2.75, 3.05) is 5.32 Å². The molecule has 0 aliphatic carbocycles. The highest BCUT2D eigenvalue weighted by Crippen LogP contribution is 2.19. The zero-order valence-electron chi connectivity index (χ0n) is 10.7. The number of phenolic OH excluding ortho intramolecular Hbond substituents is 1. The molecule has 0 saturated heterocycles. The number of carbonyl (C=O) groups is 1. The van der Waals surface area contributed by atoms with Crippen molar-refractivity contribution in [3.8, 4) is 5.75 Å². The number of benzene rings is 2.